The van der Waals surface area contributed by atoms with Gasteiger partial charge in [-0.05, 0) is 85.9 Å². The number of phenolic OH excluding ortho intramolecular Hbond substituents is 1. The van der Waals surface area contributed by atoms with Crippen LogP contribution in [0.3, 0.4) is 0 Å². The molecule has 1 aromatic heterocycles. The van der Waals surface area contributed by atoms with Gasteiger partial charge in [0.1, 0.15) is 5.52 Å². The van der Waals surface area contributed by atoms with Crippen LogP contribution in [0, 0.1) is 17.8 Å². The standard InChI is InChI=1S/C37H28N2O7/c1-18-15-28(41)25-17-24-22(31(33(25)34(18)42)20-9-14-27(40)30(16-20)45-2)12-13-23-32(24)37(44)39(36(23)43)21-10-7-19(8-11-21)35-38-26-5-3-4-6-29(26)46-35/h3-12,14-16,23-24,31-32,40H,13,17H2,1-2H3/t23-,24+,31-,32-/m0/s1. The van der Waals surface area contributed by atoms with Gasteiger partial charge in [-0.25, -0.2) is 4.98 Å². The number of methoxy groups -OCH3 is 1. The number of rotatable bonds is 4. The average molecular weight is 613 g/mol. The molecule has 9 heteroatoms. The summed E-state index contributed by atoms with van der Waals surface area (Å²) in [6, 6.07) is 19.3. The molecule has 0 saturated carbocycles. The molecule has 0 spiro atoms. The van der Waals surface area contributed by atoms with E-state index in [1.54, 1.807) is 43.3 Å². The summed E-state index contributed by atoms with van der Waals surface area (Å²) in [7, 11) is 1.44. The number of phenols is 1. The molecule has 2 amide bonds. The van der Waals surface area contributed by atoms with Crippen LogP contribution in [0.5, 0.6) is 11.5 Å². The van der Waals surface area contributed by atoms with Gasteiger partial charge < -0.3 is 14.3 Å². The number of ketones is 2. The lowest BCUT2D eigenvalue weighted by Crippen LogP contribution is -2.39. The summed E-state index contributed by atoms with van der Waals surface area (Å²) in [5.41, 5.74) is 5.17. The first-order valence-electron chi connectivity index (χ1n) is 15.2. The minimum atomic E-state index is -0.699. The third-order valence-electron chi connectivity index (χ3n) is 9.77. The Kier molecular flexibility index (Phi) is 6.22. The molecule has 1 saturated heterocycles. The zero-order chi connectivity index (χ0) is 31.9. The number of amides is 2. The number of aromatic hydroxyl groups is 1. The van der Waals surface area contributed by atoms with Gasteiger partial charge in [0.25, 0.3) is 0 Å². The fraction of sp³-hybridized carbons (Fsp3) is 0.216. The van der Waals surface area contributed by atoms with Crippen LogP contribution in [0.4, 0.5) is 5.69 Å². The minimum absolute atomic E-state index is 0.0537. The van der Waals surface area contributed by atoms with E-state index in [1.165, 1.54) is 24.2 Å². The largest absolute Gasteiger partial charge is 0.504 e. The van der Waals surface area contributed by atoms with Crippen LogP contribution < -0.4 is 9.64 Å². The topological polar surface area (TPSA) is 127 Å². The quantitative estimate of drug-likeness (QED) is 0.173. The third-order valence-corrected chi connectivity index (χ3v) is 9.77. The molecule has 4 aliphatic rings. The summed E-state index contributed by atoms with van der Waals surface area (Å²) in [5.74, 6) is -2.86. The monoisotopic (exact) mass is 612 g/mol. The van der Waals surface area contributed by atoms with Gasteiger partial charge in [-0.15, -0.1) is 0 Å². The van der Waals surface area contributed by atoms with Crippen LogP contribution >= 0.6 is 0 Å². The van der Waals surface area contributed by atoms with E-state index in [-0.39, 0.29) is 41.3 Å². The van der Waals surface area contributed by atoms with Crippen molar-refractivity contribution in [1.82, 2.24) is 4.98 Å². The first-order valence-corrected chi connectivity index (χ1v) is 15.2. The van der Waals surface area contributed by atoms with E-state index in [1.807, 2.05) is 30.3 Å². The molecule has 46 heavy (non-hydrogen) atoms. The van der Waals surface area contributed by atoms with E-state index in [0.29, 0.717) is 51.4 Å². The number of allylic oxidation sites excluding steroid dienone is 6. The van der Waals surface area contributed by atoms with Crippen molar-refractivity contribution in [2.45, 2.75) is 25.7 Å². The number of aromatic nitrogens is 1. The SMILES string of the molecule is COc1cc([C@H]2C3=CC[C@@H]4C(=O)N(c5ccc(-c6nc7ccccc7o6)cc5)C(=O)[C@@H]4[C@@H]3CC3=C2C(=O)C(C)=CC3=O)ccc1O. The Morgan fingerprint density at radius 1 is 0.957 bits per heavy atom. The van der Waals surface area contributed by atoms with Crippen molar-refractivity contribution < 1.29 is 33.4 Å². The molecule has 2 heterocycles. The van der Waals surface area contributed by atoms with Crippen molar-refractivity contribution in [2.24, 2.45) is 17.8 Å². The molecule has 1 fully saturated rings. The number of para-hydroxylation sites is 2. The van der Waals surface area contributed by atoms with Gasteiger partial charge in [-0.2, -0.15) is 0 Å². The predicted molar refractivity (Wildman–Crippen MR) is 168 cm³/mol. The van der Waals surface area contributed by atoms with Gasteiger partial charge in [0.05, 0.1) is 24.6 Å². The number of fused-ring (bicyclic) bond motifs is 4. The molecule has 4 aromatic rings. The van der Waals surface area contributed by atoms with Crippen molar-refractivity contribution >= 4 is 40.2 Å². The number of ether oxygens (including phenoxy) is 1. The number of carbonyl (C=O) groups excluding carboxylic acids is 4. The molecule has 4 atom stereocenters. The summed E-state index contributed by atoms with van der Waals surface area (Å²) in [6.07, 6.45) is 3.84. The second-order valence-electron chi connectivity index (χ2n) is 12.2. The van der Waals surface area contributed by atoms with Gasteiger partial charge >= 0.3 is 0 Å². The molecule has 3 aromatic carbocycles. The number of hydrogen-bond donors (Lipinski definition) is 1. The molecule has 8 rings (SSSR count). The highest BCUT2D eigenvalue weighted by atomic mass is 16.5. The maximum atomic E-state index is 14.2. The maximum Gasteiger partial charge on any atom is 0.238 e. The lowest BCUT2D eigenvalue weighted by Gasteiger charge is -2.42. The van der Waals surface area contributed by atoms with Crippen LogP contribution in [-0.4, -0.2) is 40.6 Å². The third kappa shape index (κ3) is 4.04. The van der Waals surface area contributed by atoms with Gasteiger partial charge in [0, 0.05) is 28.2 Å². The summed E-state index contributed by atoms with van der Waals surface area (Å²) in [6.45, 7) is 1.63. The Labute approximate surface area is 263 Å². The smallest absolute Gasteiger partial charge is 0.238 e. The molecule has 0 radical (unpaired) electrons. The number of benzene rings is 3. The van der Waals surface area contributed by atoms with Gasteiger partial charge in [0.15, 0.2) is 28.6 Å². The van der Waals surface area contributed by atoms with E-state index in [0.717, 1.165) is 11.1 Å². The van der Waals surface area contributed by atoms with Gasteiger partial charge in [0.2, 0.25) is 17.7 Å². The van der Waals surface area contributed by atoms with Crippen LogP contribution in [0.25, 0.3) is 22.6 Å². The van der Waals surface area contributed by atoms with Crippen molar-refractivity contribution in [3.8, 4) is 23.0 Å². The van der Waals surface area contributed by atoms with Crippen molar-refractivity contribution in [3.05, 3.63) is 107 Å². The number of oxazole rings is 1. The number of nitrogens with zero attached hydrogens (tertiary/aromatic N) is 2. The molecular formula is C37H28N2O7. The van der Waals surface area contributed by atoms with E-state index >= 15 is 0 Å². The lowest BCUT2D eigenvalue weighted by atomic mass is 9.59. The zero-order valence-corrected chi connectivity index (χ0v) is 25.0. The second kappa shape index (κ2) is 10.2. The second-order valence-corrected chi connectivity index (χ2v) is 12.2. The van der Waals surface area contributed by atoms with Crippen LogP contribution in [0.15, 0.2) is 106 Å². The Hall–Kier alpha value is -5.57. The highest BCUT2D eigenvalue weighted by Crippen LogP contribution is 2.56. The highest BCUT2D eigenvalue weighted by molar-refractivity contribution is 6.25. The Bertz CT molecular complexity index is 2080. The molecule has 9 nitrogen and oxygen atoms in total. The summed E-state index contributed by atoms with van der Waals surface area (Å²) >= 11 is 0. The van der Waals surface area contributed by atoms with E-state index in [9.17, 15) is 24.3 Å². The first kappa shape index (κ1) is 27.9. The minimum Gasteiger partial charge on any atom is -0.504 e. The molecule has 1 N–H and O–H groups in total. The number of carbonyl (C=O) groups is 4. The van der Waals surface area contributed by atoms with Crippen LogP contribution in [0.1, 0.15) is 31.2 Å². The fourth-order valence-corrected chi connectivity index (χ4v) is 7.62. The van der Waals surface area contributed by atoms with Crippen LogP contribution in [-0.2, 0) is 19.2 Å². The van der Waals surface area contributed by atoms with Crippen molar-refractivity contribution in [3.63, 3.8) is 0 Å². The molecule has 1 aliphatic heterocycles. The normalized spacial score (nSPS) is 24.1. The van der Waals surface area contributed by atoms with Crippen LogP contribution in [0.2, 0.25) is 0 Å². The predicted octanol–water partition coefficient (Wildman–Crippen LogP) is 5.84. The maximum absolute atomic E-state index is 14.2. The highest BCUT2D eigenvalue weighted by Gasteiger charge is 2.56. The number of imide groups is 1. The average Bonchev–Trinajstić information content (AvgIpc) is 3.61. The Morgan fingerprint density at radius 2 is 1.74 bits per heavy atom. The van der Waals surface area contributed by atoms with Gasteiger partial charge in [-0.3, -0.25) is 24.1 Å². The first-order chi connectivity index (χ1) is 22.2. The number of anilines is 1. The van der Waals surface area contributed by atoms with Crippen molar-refractivity contribution in [1.29, 1.82) is 0 Å². The molecular weight excluding hydrogens is 584 g/mol. The molecule has 3 aliphatic carbocycles. The molecule has 0 unspecified atom stereocenters. The molecule has 0 bridgehead atoms. The molecule has 228 valence electrons. The zero-order valence-electron chi connectivity index (χ0n) is 25.0. The summed E-state index contributed by atoms with van der Waals surface area (Å²) in [5, 5.41) is 10.3. The van der Waals surface area contributed by atoms with E-state index in [4.69, 9.17) is 9.15 Å². The number of hydrogen-bond acceptors (Lipinski definition) is 8. The Balaban J connectivity index is 1.17. The summed E-state index contributed by atoms with van der Waals surface area (Å²) < 4.78 is 11.3. The van der Waals surface area contributed by atoms with E-state index in [2.05, 4.69) is 4.98 Å². The number of Topliss-reactive ketones (excluding diaryl/α,β-unsaturated/α-hetero) is 1. The van der Waals surface area contributed by atoms with Crippen molar-refractivity contribution in [2.75, 3.05) is 12.0 Å². The Morgan fingerprint density at radius 3 is 2.50 bits per heavy atom. The van der Waals surface area contributed by atoms with E-state index < -0.39 is 23.7 Å². The van der Waals surface area contributed by atoms with Gasteiger partial charge in [-0.1, -0.05) is 29.8 Å². The summed E-state index contributed by atoms with van der Waals surface area (Å²) in [4.78, 5) is 60.9. The fourth-order valence-electron chi connectivity index (χ4n) is 7.62. The lowest BCUT2D eigenvalue weighted by molar-refractivity contribution is -0.123.